The first kappa shape index (κ1) is 14.9. The van der Waals surface area contributed by atoms with Gasteiger partial charge in [0.1, 0.15) is 6.10 Å². The van der Waals surface area contributed by atoms with Crippen LogP contribution in [0.25, 0.3) is 0 Å². The van der Waals surface area contributed by atoms with Crippen molar-refractivity contribution in [1.29, 1.82) is 0 Å². The molecule has 0 saturated carbocycles. The van der Waals surface area contributed by atoms with Crippen LogP contribution in [0.15, 0.2) is 30.3 Å². The third kappa shape index (κ3) is 4.02. The summed E-state index contributed by atoms with van der Waals surface area (Å²) < 4.78 is 10.2. The molecule has 1 N–H and O–H groups in total. The van der Waals surface area contributed by atoms with Crippen LogP contribution in [0.2, 0.25) is 0 Å². The van der Waals surface area contributed by atoms with Gasteiger partial charge in [-0.2, -0.15) is 4.37 Å². The minimum absolute atomic E-state index is 0.188. The summed E-state index contributed by atoms with van der Waals surface area (Å²) in [6.45, 7) is 7.86. The smallest absolute Gasteiger partial charge is 0.202 e. The third-order valence-corrected chi connectivity index (χ3v) is 3.46. The van der Waals surface area contributed by atoms with Crippen molar-refractivity contribution < 1.29 is 4.74 Å². The zero-order valence-electron chi connectivity index (χ0n) is 12.2. The molecule has 1 unspecified atom stereocenters. The van der Waals surface area contributed by atoms with Gasteiger partial charge in [-0.05, 0) is 18.4 Å². The molecular formula is C15H21N3OS. The van der Waals surface area contributed by atoms with Gasteiger partial charge in [0, 0.05) is 24.7 Å². The van der Waals surface area contributed by atoms with Crippen LogP contribution in [0.5, 0.6) is 0 Å². The van der Waals surface area contributed by atoms with Crippen LogP contribution in [0.3, 0.4) is 0 Å². The first-order valence-electron chi connectivity index (χ1n) is 6.94. The van der Waals surface area contributed by atoms with E-state index in [2.05, 4.69) is 28.5 Å². The van der Waals surface area contributed by atoms with E-state index in [9.17, 15) is 0 Å². The maximum Gasteiger partial charge on any atom is 0.202 e. The molecule has 0 fully saturated rings. The van der Waals surface area contributed by atoms with E-state index in [-0.39, 0.29) is 6.10 Å². The number of hydrogen-bond acceptors (Lipinski definition) is 5. The van der Waals surface area contributed by atoms with Gasteiger partial charge in [-0.15, -0.1) is 0 Å². The highest BCUT2D eigenvalue weighted by Gasteiger charge is 2.19. The van der Waals surface area contributed by atoms with E-state index in [1.54, 1.807) is 0 Å². The van der Waals surface area contributed by atoms with Crippen LogP contribution in [0.1, 0.15) is 38.3 Å². The molecule has 2 aromatic rings. The molecule has 4 nitrogen and oxygen atoms in total. The Morgan fingerprint density at radius 1 is 1.25 bits per heavy atom. The molecule has 0 bridgehead atoms. The highest BCUT2D eigenvalue weighted by molar-refractivity contribution is 7.09. The summed E-state index contributed by atoms with van der Waals surface area (Å²) in [7, 11) is 0. The SMILES string of the molecule is CCOC(c1ccccc1)c1nsc(NCC(C)C)n1. The molecule has 0 spiro atoms. The van der Waals surface area contributed by atoms with Gasteiger partial charge in [0.05, 0.1) is 0 Å². The minimum Gasteiger partial charge on any atom is -0.366 e. The van der Waals surface area contributed by atoms with Crippen LogP contribution in [0.4, 0.5) is 5.13 Å². The maximum absolute atomic E-state index is 5.81. The van der Waals surface area contributed by atoms with Gasteiger partial charge in [-0.1, -0.05) is 44.2 Å². The molecule has 0 saturated heterocycles. The molecule has 0 radical (unpaired) electrons. The van der Waals surface area contributed by atoms with Gasteiger partial charge in [-0.25, -0.2) is 4.98 Å². The summed E-state index contributed by atoms with van der Waals surface area (Å²) in [6.07, 6.45) is -0.188. The summed E-state index contributed by atoms with van der Waals surface area (Å²) in [5.74, 6) is 1.31. The topological polar surface area (TPSA) is 47.0 Å². The molecule has 20 heavy (non-hydrogen) atoms. The molecule has 1 heterocycles. The number of nitrogens with one attached hydrogen (secondary N) is 1. The third-order valence-electron chi connectivity index (χ3n) is 2.77. The summed E-state index contributed by atoms with van der Waals surface area (Å²) in [4.78, 5) is 4.55. The normalized spacial score (nSPS) is 12.6. The first-order valence-corrected chi connectivity index (χ1v) is 7.72. The average molecular weight is 291 g/mol. The summed E-state index contributed by atoms with van der Waals surface area (Å²) >= 11 is 1.39. The van der Waals surface area contributed by atoms with Crippen LogP contribution in [0, 0.1) is 5.92 Å². The molecule has 1 atom stereocenters. The highest BCUT2D eigenvalue weighted by Crippen LogP contribution is 2.26. The van der Waals surface area contributed by atoms with E-state index in [0.29, 0.717) is 12.5 Å². The lowest BCUT2D eigenvalue weighted by Crippen LogP contribution is -2.10. The average Bonchev–Trinajstić information content (AvgIpc) is 2.92. The predicted octanol–water partition coefficient (Wildman–Crippen LogP) is 3.73. The Morgan fingerprint density at radius 2 is 2.00 bits per heavy atom. The number of aromatic nitrogens is 2. The van der Waals surface area contributed by atoms with Gasteiger partial charge in [0.2, 0.25) is 5.13 Å². The fourth-order valence-corrected chi connectivity index (χ4v) is 2.42. The van der Waals surface area contributed by atoms with Crippen molar-refractivity contribution in [2.75, 3.05) is 18.5 Å². The monoisotopic (exact) mass is 291 g/mol. The molecule has 1 aromatic heterocycles. The number of ether oxygens (including phenoxy) is 1. The maximum atomic E-state index is 5.81. The van der Waals surface area contributed by atoms with Crippen LogP contribution >= 0.6 is 11.5 Å². The quantitative estimate of drug-likeness (QED) is 0.844. The van der Waals surface area contributed by atoms with Gasteiger partial charge < -0.3 is 10.1 Å². The van der Waals surface area contributed by atoms with Crippen molar-refractivity contribution in [2.24, 2.45) is 5.92 Å². The Balaban J connectivity index is 2.14. The Bertz CT molecular complexity index is 513. The van der Waals surface area contributed by atoms with E-state index in [4.69, 9.17) is 4.74 Å². The Kier molecular flexibility index (Phi) is 5.49. The van der Waals surface area contributed by atoms with E-state index in [0.717, 1.165) is 23.1 Å². The lowest BCUT2D eigenvalue weighted by Gasteiger charge is -2.13. The molecule has 0 aliphatic carbocycles. The molecule has 0 aliphatic rings. The lowest BCUT2D eigenvalue weighted by molar-refractivity contribution is 0.0860. The number of rotatable bonds is 7. The second-order valence-electron chi connectivity index (χ2n) is 4.98. The van der Waals surface area contributed by atoms with Crippen LogP contribution < -0.4 is 5.32 Å². The zero-order chi connectivity index (χ0) is 14.4. The number of anilines is 1. The summed E-state index contributed by atoms with van der Waals surface area (Å²) in [6, 6.07) is 10.1. The molecule has 2 rings (SSSR count). The molecule has 0 aliphatic heterocycles. The van der Waals surface area contributed by atoms with Gasteiger partial charge in [0.25, 0.3) is 0 Å². The summed E-state index contributed by atoms with van der Waals surface area (Å²) in [5, 5.41) is 4.16. The van der Waals surface area contributed by atoms with E-state index in [1.807, 2.05) is 37.3 Å². The van der Waals surface area contributed by atoms with Gasteiger partial charge in [-0.3, -0.25) is 0 Å². The van der Waals surface area contributed by atoms with Crippen molar-refractivity contribution in [3.8, 4) is 0 Å². The van der Waals surface area contributed by atoms with Gasteiger partial charge in [0.15, 0.2) is 5.82 Å². The molecule has 108 valence electrons. The van der Waals surface area contributed by atoms with E-state index in [1.165, 1.54) is 11.5 Å². The van der Waals surface area contributed by atoms with Crippen molar-refractivity contribution >= 4 is 16.7 Å². The number of hydrogen-bond donors (Lipinski definition) is 1. The van der Waals surface area contributed by atoms with Crippen LogP contribution in [-0.4, -0.2) is 22.5 Å². The van der Waals surface area contributed by atoms with Crippen molar-refractivity contribution in [1.82, 2.24) is 9.36 Å². The summed E-state index contributed by atoms with van der Waals surface area (Å²) in [5.41, 5.74) is 1.09. The highest BCUT2D eigenvalue weighted by atomic mass is 32.1. The number of benzene rings is 1. The number of nitrogens with zero attached hydrogens (tertiary/aromatic N) is 2. The minimum atomic E-state index is -0.188. The molecule has 0 amide bonds. The Hall–Kier alpha value is -1.46. The van der Waals surface area contributed by atoms with Crippen molar-refractivity contribution in [2.45, 2.75) is 26.9 Å². The standard InChI is InChI=1S/C15H21N3OS/c1-4-19-13(12-8-6-5-7-9-12)14-17-15(20-18-14)16-10-11(2)3/h5-9,11,13H,4,10H2,1-3H3,(H,16,17,18). The second-order valence-corrected chi connectivity index (χ2v) is 5.73. The Morgan fingerprint density at radius 3 is 2.65 bits per heavy atom. The van der Waals surface area contributed by atoms with Gasteiger partial charge >= 0.3 is 0 Å². The van der Waals surface area contributed by atoms with E-state index >= 15 is 0 Å². The molecule has 5 heteroatoms. The van der Waals surface area contributed by atoms with E-state index < -0.39 is 0 Å². The van der Waals surface area contributed by atoms with Crippen LogP contribution in [-0.2, 0) is 4.74 Å². The fraction of sp³-hybridized carbons (Fsp3) is 0.467. The largest absolute Gasteiger partial charge is 0.366 e. The van der Waals surface area contributed by atoms with Crippen molar-refractivity contribution in [3.63, 3.8) is 0 Å². The van der Waals surface area contributed by atoms with Crippen molar-refractivity contribution in [3.05, 3.63) is 41.7 Å². The molecular weight excluding hydrogens is 270 g/mol. The second kappa shape index (κ2) is 7.36. The predicted molar refractivity (Wildman–Crippen MR) is 83.1 cm³/mol. The Labute approximate surface area is 124 Å². The zero-order valence-corrected chi connectivity index (χ0v) is 13.0. The first-order chi connectivity index (χ1) is 9.70. The fourth-order valence-electron chi connectivity index (χ4n) is 1.82. The molecule has 1 aromatic carbocycles. The lowest BCUT2D eigenvalue weighted by atomic mass is 10.1.